The van der Waals surface area contributed by atoms with Crippen LogP contribution in [0.3, 0.4) is 0 Å². The number of rotatable bonds is 3. The molecule has 0 amide bonds. The first-order valence-electron chi connectivity index (χ1n) is 9.87. The van der Waals surface area contributed by atoms with Crippen LogP contribution in [-0.2, 0) is 9.53 Å². The Morgan fingerprint density at radius 2 is 1.75 bits per heavy atom. The number of aromatic hydroxyl groups is 1. The SMILES string of the molecule is CC(C)[C@]1(O)CC[C@]2(C)CC(=O)[C@@](C)(O)C[C@H](OC(=O)c3ccc(O)cc3)[C@H]21. The maximum atomic E-state index is 12.8. The molecule has 28 heavy (non-hydrogen) atoms. The van der Waals surface area contributed by atoms with E-state index in [-0.39, 0.29) is 35.9 Å². The summed E-state index contributed by atoms with van der Waals surface area (Å²) in [5.74, 6) is -1.39. The molecule has 0 heterocycles. The van der Waals surface area contributed by atoms with E-state index in [1.54, 1.807) is 0 Å². The molecule has 2 aliphatic carbocycles. The van der Waals surface area contributed by atoms with Crippen LogP contribution in [0.4, 0.5) is 0 Å². The molecule has 0 bridgehead atoms. The van der Waals surface area contributed by atoms with Gasteiger partial charge in [0.1, 0.15) is 17.5 Å². The highest BCUT2D eigenvalue weighted by molar-refractivity contribution is 5.90. The number of ether oxygens (including phenoxy) is 1. The van der Waals surface area contributed by atoms with Gasteiger partial charge in [-0.15, -0.1) is 0 Å². The number of benzene rings is 1. The molecule has 6 nitrogen and oxygen atoms in total. The summed E-state index contributed by atoms with van der Waals surface area (Å²) < 4.78 is 5.81. The van der Waals surface area contributed by atoms with Crippen molar-refractivity contribution >= 4 is 11.8 Å². The standard InChI is InChI=1S/C22H30O6/c1-13(2)22(27)10-9-20(3)12-17(24)21(4,26)11-16(18(20)22)28-19(25)14-5-7-15(23)8-6-14/h5-8,13,16,18,23,26-27H,9-12H2,1-4H3/t16-,18+,20+,21-,22+/m0/s1. The first-order valence-corrected chi connectivity index (χ1v) is 9.87. The van der Waals surface area contributed by atoms with Gasteiger partial charge in [0.15, 0.2) is 5.78 Å². The quantitative estimate of drug-likeness (QED) is 0.686. The van der Waals surface area contributed by atoms with Crippen LogP contribution in [0.15, 0.2) is 24.3 Å². The van der Waals surface area contributed by atoms with Crippen molar-refractivity contribution in [3.63, 3.8) is 0 Å². The Labute approximate surface area is 165 Å². The molecule has 154 valence electrons. The number of aliphatic hydroxyl groups is 2. The van der Waals surface area contributed by atoms with Gasteiger partial charge >= 0.3 is 5.97 Å². The lowest BCUT2D eigenvalue weighted by atomic mass is 9.68. The number of hydrogen-bond donors (Lipinski definition) is 3. The zero-order chi connectivity index (χ0) is 20.9. The lowest BCUT2D eigenvalue weighted by Gasteiger charge is -2.43. The van der Waals surface area contributed by atoms with E-state index < -0.39 is 34.6 Å². The van der Waals surface area contributed by atoms with E-state index in [9.17, 15) is 24.9 Å². The van der Waals surface area contributed by atoms with E-state index in [1.807, 2.05) is 20.8 Å². The molecular weight excluding hydrogens is 360 g/mol. The molecule has 0 saturated heterocycles. The number of carbonyl (C=O) groups is 2. The Bertz CT molecular complexity index is 768. The van der Waals surface area contributed by atoms with Gasteiger partial charge in [-0.1, -0.05) is 20.8 Å². The van der Waals surface area contributed by atoms with Crippen molar-refractivity contribution < 1.29 is 29.6 Å². The van der Waals surface area contributed by atoms with Crippen LogP contribution in [0.5, 0.6) is 5.75 Å². The van der Waals surface area contributed by atoms with Gasteiger partial charge in [-0.05, 0) is 55.4 Å². The number of esters is 1. The van der Waals surface area contributed by atoms with Crippen LogP contribution in [0, 0.1) is 17.3 Å². The maximum absolute atomic E-state index is 12.8. The van der Waals surface area contributed by atoms with Gasteiger partial charge in [0.25, 0.3) is 0 Å². The van der Waals surface area contributed by atoms with E-state index in [0.29, 0.717) is 12.8 Å². The second-order valence-electron chi connectivity index (χ2n) is 9.35. The van der Waals surface area contributed by atoms with Crippen molar-refractivity contribution in [3.05, 3.63) is 29.8 Å². The number of ketones is 1. The minimum atomic E-state index is -1.62. The van der Waals surface area contributed by atoms with E-state index in [1.165, 1.54) is 31.2 Å². The lowest BCUT2D eigenvalue weighted by molar-refractivity contribution is -0.139. The number of Topliss-reactive ketones (excluding diaryl/α,β-unsaturated/α-hetero) is 1. The Morgan fingerprint density at radius 1 is 1.14 bits per heavy atom. The molecule has 2 fully saturated rings. The molecule has 0 aromatic heterocycles. The molecule has 6 heteroatoms. The second kappa shape index (κ2) is 6.85. The van der Waals surface area contributed by atoms with Crippen LogP contribution in [0.2, 0.25) is 0 Å². The molecule has 5 atom stereocenters. The fourth-order valence-electron chi connectivity index (χ4n) is 5.11. The highest BCUT2D eigenvalue weighted by atomic mass is 16.5. The molecule has 3 N–H and O–H groups in total. The summed E-state index contributed by atoms with van der Waals surface area (Å²) in [5.41, 5.74) is -3.00. The summed E-state index contributed by atoms with van der Waals surface area (Å²) in [7, 11) is 0. The summed E-state index contributed by atoms with van der Waals surface area (Å²) in [6, 6.07) is 5.71. The number of phenolic OH excluding ortho intramolecular Hbond substituents is 1. The third-order valence-electron chi connectivity index (χ3n) is 6.88. The average molecular weight is 390 g/mol. The molecule has 3 rings (SSSR count). The largest absolute Gasteiger partial charge is 0.508 e. The monoisotopic (exact) mass is 390 g/mol. The second-order valence-corrected chi connectivity index (χ2v) is 9.35. The van der Waals surface area contributed by atoms with Crippen molar-refractivity contribution in [3.8, 4) is 5.75 Å². The van der Waals surface area contributed by atoms with Crippen LogP contribution >= 0.6 is 0 Å². The van der Waals surface area contributed by atoms with Crippen LogP contribution < -0.4 is 0 Å². The third kappa shape index (κ3) is 3.44. The fraction of sp³-hybridized carbons (Fsp3) is 0.636. The highest BCUT2D eigenvalue weighted by Gasteiger charge is 2.63. The molecule has 2 aliphatic rings. The van der Waals surface area contributed by atoms with Crippen molar-refractivity contribution in [2.45, 2.75) is 70.7 Å². The number of phenols is 1. The zero-order valence-corrected chi connectivity index (χ0v) is 16.9. The summed E-state index contributed by atoms with van der Waals surface area (Å²) >= 11 is 0. The molecule has 1 aromatic carbocycles. The normalized spacial score (nSPS) is 38.2. The molecular formula is C22H30O6. The number of fused-ring (bicyclic) bond motifs is 1. The summed E-state index contributed by atoms with van der Waals surface area (Å²) in [6.45, 7) is 7.25. The predicted octanol–water partition coefficient (Wildman–Crippen LogP) is 2.83. The first kappa shape index (κ1) is 20.8. The Balaban J connectivity index is 2.00. The molecule has 2 saturated carbocycles. The molecule has 0 unspecified atom stereocenters. The molecule has 0 radical (unpaired) electrons. The number of carbonyl (C=O) groups excluding carboxylic acids is 2. The number of hydrogen-bond acceptors (Lipinski definition) is 6. The smallest absolute Gasteiger partial charge is 0.338 e. The summed E-state index contributed by atoms with van der Waals surface area (Å²) in [5, 5.41) is 31.6. The first-order chi connectivity index (χ1) is 12.9. The van der Waals surface area contributed by atoms with Crippen molar-refractivity contribution in [1.82, 2.24) is 0 Å². The minimum Gasteiger partial charge on any atom is -0.508 e. The maximum Gasteiger partial charge on any atom is 0.338 e. The highest BCUT2D eigenvalue weighted by Crippen LogP contribution is 2.58. The van der Waals surface area contributed by atoms with Crippen molar-refractivity contribution in [1.29, 1.82) is 0 Å². The predicted molar refractivity (Wildman–Crippen MR) is 103 cm³/mol. The van der Waals surface area contributed by atoms with E-state index >= 15 is 0 Å². The van der Waals surface area contributed by atoms with Gasteiger partial charge in [-0.25, -0.2) is 4.79 Å². The van der Waals surface area contributed by atoms with Gasteiger partial charge in [0.2, 0.25) is 0 Å². The van der Waals surface area contributed by atoms with Gasteiger partial charge in [0, 0.05) is 18.8 Å². The van der Waals surface area contributed by atoms with Crippen LogP contribution in [0.25, 0.3) is 0 Å². The molecule has 0 aliphatic heterocycles. The van der Waals surface area contributed by atoms with E-state index in [2.05, 4.69) is 0 Å². The minimum absolute atomic E-state index is 0.0390. The van der Waals surface area contributed by atoms with Crippen LogP contribution in [0.1, 0.15) is 63.7 Å². The van der Waals surface area contributed by atoms with E-state index in [0.717, 1.165) is 0 Å². The van der Waals surface area contributed by atoms with Gasteiger partial charge in [-0.2, -0.15) is 0 Å². The summed E-state index contributed by atoms with van der Waals surface area (Å²) in [4.78, 5) is 25.5. The van der Waals surface area contributed by atoms with Gasteiger partial charge < -0.3 is 20.1 Å². The zero-order valence-electron chi connectivity index (χ0n) is 16.9. The van der Waals surface area contributed by atoms with Gasteiger partial charge in [0.05, 0.1) is 11.2 Å². The van der Waals surface area contributed by atoms with E-state index in [4.69, 9.17) is 4.74 Å². The topological polar surface area (TPSA) is 104 Å². The Morgan fingerprint density at radius 3 is 2.32 bits per heavy atom. The molecule has 0 spiro atoms. The van der Waals surface area contributed by atoms with Crippen molar-refractivity contribution in [2.75, 3.05) is 0 Å². The molecule has 1 aromatic rings. The van der Waals surface area contributed by atoms with Crippen molar-refractivity contribution in [2.24, 2.45) is 17.3 Å². The Kier molecular flexibility index (Phi) is 5.09. The van der Waals surface area contributed by atoms with Gasteiger partial charge in [-0.3, -0.25) is 4.79 Å². The lowest BCUT2D eigenvalue weighted by Crippen LogP contribution is -2.50. The average Bonchev–Trinajstić information content (AvgIpc) is 2.82. The summed E-state index contributed by atoms with van der Waals surface area (Å²) in [6.07, 6.45) is 0.441. The third-order valence-corrected chi connectivity index (χ3v) is 6.88. The Hall–Kier alpha value is -1.92. The fourth-order valence-corrected chi connectivity index (χ4v) is 5.11. The van der Waals surface area contributed by atoms with Crippen LogP contribution in [-0.4, -0.2) is 44.4 Å².